The van der Waals surface area contributed by atoms with Gasteiger partial charge in [0.2, 0.25) is 0 Å². The smallest absolute Gasteiger partial charge is 0.391 e. The van der Waals surface area contributed by atoms with Crippen molar-refractivity contribution < 1.29 is 18.0 Å². The summed E-state index contributed by atoms with van der Waals surface area (Å²) in [5.74, 6) is 0. The lowest BCUT2D eigenvalue weighted by Gasteiger charge is -2.14. The molecule has 2 aromatic rings. The lowest BCUT2D eigenvalue weighted by molar-refractivity contribution is -0.0940. The summed E-state index contributed by atoms with van der Waals surface area (Å²) in [6.07, 6.45) is -0.105. The summed E-state index contributed by atoms with van der Waals surface area (Å²) < 4.78 is 40.6. The van der Waals surface area contributed by atoms with E-state index in [1.165, 1.54) is 13.3 Å². The molecule has 0 saturated heterocycles. The number of rotatable bonds is 5. The number of oxime groups is 1. The lowest BCUT2D eigenvalue weighted by Crippen LogP contribution is -2.23. The molecule has 0 aliphatic heterocycles. The van der Waals surface area contributed by atoms with Gasteiger partial charge in [-0.1, -0.05) is 23.4 Å². The van der Waals surface area contributed by atoms with Crippen molar-refractivity contribution in [2.75, 3.05) is 0 Å². The molecule has 3 rings (SSSR count). The Kier molecular flexibility index (Phi) is 5.48. The van der Waals surface area contributed by atoms with Crippen LogP contribution in [0.25, 0.3) is 5.69 Å². The van der Waals surface area contributed by atoms with Crippen LogP contribution in [0.5, 0.6) is 0 Å². The second-order valence-electron chi connectivity index (χ2n) is 6.29. The molecule has 28 heavy (non-hydrogen) atoms. The van der Waals surface area contributed by atoms with E-state index in [0.717, 1.165) is 21.0 Å². The van der Waals surface area contributed by atoms with Crippen molar-refractivity contribution in [3.05, 3.63) is 63.1 Å². The fourth-order valence-corrected chi connectivity index (χ4v) is 2.78. The van der Waals surface area contributed by atoms with Gasteiger partial charge in [0.15, 0.2) is 0 Å². The third-order valence-electron chi connectivity index (χ3n) is 4.32. The monoisotopic (exact) mass is 393 g/mol. The van der Waals surface area contributed by atoms with Crippen LogP contribution in [-0.2, 0) is 18.5 Å². The maximum Gasteiger partial charge on any atom is 0.412 e. The fraction of sp³-hybridized carbons (Fsp3) is 0.333. The summed E-state index contributed by atoms with van der Waals surface area (Å²) >= 11 is 0. The van der Waals surface area contributed by atoms with E-state index in [1.54, 1.807) is 18.2 Å². The first-order chi connectivity index (χ1) is 13.3. The predicted molar refractivity (Wildman–Crippen MR) is 96.1 cm³/mol. The summed E-state index contributed by atoms with van der Waals surface area (Å²) in [7, 11) is 1.49. The maximum atomic E-state index is 12.8. The molecule has 0 radical (unpaired) electrons. The quantitative estimate of drug-likeness (QED) is 0.578. The van der Waals surface area contributed by atoms with Gasteiger partial charge in [0.05, 0.1) is 11.9 Å². The van der Waals surface area contributed by atoms with Crippen LogP contribution < -0.4 is 5.69 Å². The van der Waals surface area contributed by atoms with E-state index in [0.29, 0.717) is 23.2 Å². The van der Waals surface area contributed by atoms with E-state index < -0.39 is 17.4 Å². The zero-order valence-corrected chi connectivity index (χ0v) is 15.3. The van der Waals surface area contributed by atoms with Gasteiger partial charge < -0.3 is 4.84 Å². The van der Waals surface area contributed by atoms with Crippen LogP contribution in [-0.4, -0.2) is 32.2 Å². The van der Waals surface area contributed by atoms with Crippen molar-refractivity contribution in [1.29, 1.82) is 0 Å². The summed E-state index contributed by atoms with van der Waals surface area (Å²) in [6.45, 7) is 1.86. The predicted octanol–water partition coefficient (Wildman–Crippen LogP) is 2.99. The highest BCUT2D eigenvalue weighted by molar-refractivity contribution is 5.82. The minimum Gasteiger partial charge on any atom is -0.391 e. The van der Waals surface area contributed by atoms with Crippen LogP contribution in [0, 0.1) is 6.92 Å². The molecular formula is C18H18F3N5O2. The molecule has 10 heteroatoms. The number of aryl methyl sites for hydroxylation is 2. The van der Waals surface area contributed by atoms with Crippen molar-refractivity contribution >= 4 is 6.21 Å². The standard InChI is InChI=1S/C18H18F3N5O2/c1-12-5-3-8-16(26-17(27)25(2)23-24-26)15(12)11-28-22-10-13-6-4-7-14(9-13)18(19,20)21/h3,5-6,8-10H,4,7,11H2,1-2H3/b22-10+. The average Bonchev–Trinajstić information content (AvgIpc) is 2.98. The Morgan fingerprint density at radius 3 is 2.79 bits per heavy atom. The first kappa shape index (κ1) is 19.6. The van der Waals surface area contributed by atoms with Crippen molar-refractivity contribution in [1.82, 2.24) is 19.8 Å². The third-order valence-corrected chi connectivity index (χ3v) is 4.32. The molecule has 1 aromatic carbocycles. The Bertz CT molecular complexity index is 1010. The first-order valence-electron chi connectivity index (χ1n) is 8.48. The number of allylic oxidation sites excluding steroid dienone is 4. The van der Waals surface area contributed by atoms with E-state index in [4.69, 9.17) is 4.84 Å². The largest absolute Gasteiger partial charge is 0.412 e. The van der Waals surface area contributed by atoms with Crippen LogP contribution in [0.3, 0.4) is 0 Å². The minimum absolute atomic E-state index is 0.0185. The number of aromatic nitrogens is 4. The van der Waals surface area contributed by atoms with Gasteiger partial charge in [-0.2, -0.15) is 22.5 Å². The number of benzene rings is 1. The molecule has 0 spiro atoms. The molecule has 0 amide bonds. The molecule has 1 aliphatic carbocycles. The Morgan fingerprint density at radius 1 is 1.32 bits per heavy atom. The van der Waals surface area contributed by atoms with E-state index in [2.05, 4.69) is 15.6 Å². The number of nitrogens with zero attached hydrogens (tertiary/aromatic N) is 5. The van der Waals surface area contributed by atoms with Gasteiger partial charge >= 0.3 is 11.9 Å². The SMILES string of the molecule is Cc1cccc(-n2nnn(C)c2=O)c1CO/N=C/C1=CCCC(C(F)(F)F)=C1. The molecular weight excluding hydrogens is 375 g/mol. The molecule has 1 aliphatic rings. The molecule has 0 N–H and O–H groups in total. The third kappa shape index (κ3) is 4.21. The summed E-state index contributed by atoms with van der Waals surface area (Å²) in [6, 6.07) is 5.32. The van der Waals surface area contributed by atoms with Gasteiger partial charge in [0.1, 0.15) is 6.61 Å². The summed E-state index contributed by atoms with van der Waals surface area (Å²) in [5, 5.41) is 11.3. The highest BCUT2D eigenvalue weighted by atomic mass is 19.4. The van der Waals surface area contributed by atoms with E-state index >= 15 is 0 Å². The topological polar surface area (TPSA) is 74.3 Å². The molecule has 7 nitrogen and oxygen atoms in total. The molecule has 1 aromatic heterocycles. The molecule has 0 atom stereocenters. The number of hydrogen-bond acceptors (Lipinski definition) is 5. The summed E-state index contributed by atoms with van der Waals surface area (Å²) in [4.78, 5) is 17.4. The molecule has 0 fully saturated rings. The van der Waals surface area contributed by atoms with Crippen molar-refractivity contribution in [3.8, 4) is 5.69 Å². The van der Waals surface area contributed by atoms with Crippen LogP contribution in [0.4, 0.5) is 13.2 Å². The van der Waals surface area contributed by atoms with E-state index in [1.807, 2.05) is 13.0 Å². The van der Waals surface area contributed by atoms with Gasteiger partial charge in [-0.3, -0.25) is 0 Å². The van der Waals surface area contributed by atoms with Gasteiger partial charge in [-0.15, -0.1) is 0 Å². The van der Waals surface area contributed by atoms with Crippen molar-refractivity contribution in [3.63, 3.8) is 0 Å². The van der Waals surface area contributed by atoms with Crippen LogP contribution >= 0.6 is 0 Å². The van der Waals surface area contributed by atoms with Gasteiger partial charge in [0, 0.05) is 18.2 Å². The maximum absolute atomic E-state index is 12.8. The highest BCUT2D eigenvalue weighted by Crippen LogP contribution is 2.32. The van der Waals surface area contributed by atoms with E-state index in [9.17, 15) is 18.0 Å². The second kappa shape index (κ2) is 7.83. The van der Waals surface area contributed by atoms with Gasteiger partial charge in [-0.05, 0) is 53.5 Å². The Balaban J connectivity index is 1.75. The number of hydrogen-bond donors (Lipinski definition) is 0. The molecule has 0 bridgehead atoms. The normalized spacial score (nSPS) is 14.9. The van der Waals surface area contributed by atoms with Gasteiger partial charge in [0.25, 0.3) is 0 Å². The number of halogens is 3. The van der Waals surface area contributed by atoms with Crippen molar-refractivity contribution in [2.24, 2.45) is 12.2 Å². The average molecular weight is 393 g/mol. The highest BCUT2D eigenvalue weighted by Gasteiger charge is 2.33. The Labute approximate surface area is 158 Å². The first-order valence-corrected chi connectivity index (χ1v) is 8.48. The second-order valence-corrected chi connectivity index (χ2v) is 6.29. The number of alkyl halides is 3. The fourth-order valence-electron chi connectivity index (χ4n) is 2.78. The molecule has 0 saturated carbocycles. The van der Waals surface area contributed by atoms with Crippen LogP contribution in [0.15, 0.2) is 51.4 Å². The summed E-state index contributed by atoms with van der Waals surface area (Å²) in [5.41, 5.74) is 1.37. The van der Waals surface area contributed by atoms with Crippen LogP contribution in [0.1, 0.15) is 24.0 Å². The zero-order valence-electron chi connectivity index (χ0n) is 15.3. The lowest BCUT2D eigenvalue weighted by atomic mass is 10.00. The van der Waals surface area contributed by atoms with E-state index in [-0.39, 0.29) is 13.0 Å². The molecule has 148 valence electrons. The number of tetrazole rings is 1. The molecule has 0 unspecified atom stereocenters. The minimum atomic E-state index is -4.34. The van der Waals surface area contributed by atoms with Gasteiger partial charge in [-0.25, -0.2) is 4.79 Å². The van der Waals surface area contributed by atoms with Crippen molar-refractivity contribution in [2.45, 2.75) is 32.5 Å². The zero-order chi connectivity index (χ0) is 20.3. The Morgan fingerprint density at radius 2 is 2.11 bits per heavy atom. The van der Waals surface area contributed by atoms with Crippen LogP contribution in [0.2, 0.25) is 0 Å². The molecule has 1 heterocycles. The Hall–Kier alpha value is -3.17.